The third-order valence-corrected chi connectivity index (χ3v) is 0. The second kappa shape index (κ2) is 11.7. The molecule has 0 saturated carbocycles. The van der Waals surface area contributed by atoms with E-state index in [1.54, 1.807) is 4.75 Å². The molecule has 0 aliphatic rings. The van der Waals surface area contributed by atoms with Crippen LogP contribution in [0.2, 0.25) is 0 Å². The van der Waals surface area contributed by atoms with Gasteiger partial charge in [0, 0.05) is 19.8 Å². The van der Waals surface area contributed by atoms with E-state index in [4.69, 9.17) is 10.2 Å². The van der Waals surface area contributed by atoms with Gasteiger partial charge in [0.2, 0.25) is 0 Å². The molecule has 21 valence electrons. The van der Waals surface area contributed by atoms with Crippen LogP contribution in [0.4, 0.5) is 0 Å². The van der Waals surface area contributed by atoms with Gasteiger partial charge in [-0.1, -0.05) is 10.2 Å². The first-order valence-corrected chi connectivity index (χ1v) is 0.333. The quantitative estimate of drug-likeness (QED) is 0.168. The number of hydrogen-bond donors (Lipinski definition) is 0. The maximum atomic E-state index is 7.88. The summed E-state index contributed by atoms with van der Waals surface area (Å²) in [6.07, 6.45) is 0. The van der Waals surface area contributed by atoms with Crippen LogP contribution in [0.15, 0.2) is 0 Å². The van der Waals surface area contributed by atoms with E-state index < -0.39 is 0 Å². The second-order valence-corrected chi connectivity index (χ2v) is 0.0680. The summed E-state index contributed by atoms with van der Waals surface area (Å²) < 4.78 is 1.75. The summed E-state index contributed by atoms with van der Waals surface area (Å²) in [6.45, 7) is 0. The first kappa shape index (κ1) is 8.97. The zero-order valence-corrected chi connectivity index (χ0v) is 4.22. The molecule has 0 spiro atoms. The van der Waals surface area contributed by atoms with E-state index in [-0.39, 0.29) is 19.8 Å². The fraction of sp³-hybridized carbons (Fsp3) is 0. The third kappa shape index (κ3) is 1650. The van der Waals surface area contributed by atoms with E-state index in [0.29, 0.717) is 0 Å². The van der Waals surface area contributed by atoms with Crippen LogP contribution in [-0.2, 0) is 0 Å². The molecular formula is GaO3. The Hall–Kier alpha value is 0.0364. The Bertz CT molecular complexity index is 10.8. The topological polar surface area (TPSA) is 51.4 Å². The standard InChI is InChI=1S/Ga.O3/c;1-3-2. The van der Waals surface area contributed by atoms with Crippen molar-refractivity contribution >= 4 is 19.8 Å². The van der Waals surface area contributed by atoms with E-state index in [2.05, 4.69) is 0 Å². The first-order chi connectivity index (χ1) is 1.41. The maximum Gasteiger partial charge on any atom is 0.154 e. The Labute approximate surface area is 35.5 Å². The van der Waals surface area contributed by atoms with E-state index >= 15 is 0 Å². The zero-order chi connectivity index (χ0) is 2.71. The summed E-state index contributed by atoms with van der Waals surface area (Å²) >= 11 is 0. The smallest absolute Gasteiger partial charge is 0.0772 e. The molecule has 0 aromatic rings. The molecule has 4 heavy (non-hydrogen) atoms. The van der Waals surface area contributed by atoms with Gasteiger partial charge in [0.1, 0.15) is 0 Å². The summed E-state index contributed by atoms with van der Waals surface area (Å²) in [5, 5.41) is 7.88. The average molecular weight is 118 g/mol. The second-order valence-electron chi connectivity index (χ2n) is 0.0680. The van der Waals surface area contributed by atoms with E-state index in [0.717, 1.165) is 0 Å². The Morgan fingerprint density at radius 3 is 1.75 bits per heavy atom. The average Bonchev–Trinajstić information content (AvgIpc) is 0.918. The third-order valence-electron chi connectivity index (χ3n) is 0. The van der Waals surface area contributed by atoms with Crippen molar-refractivity contribution in [2.75, 3.05) is 0 Å². The van der Waals surface area contributed by atoms with Crippen molar-refractivity contribution in [2.24, 2.45) is 0 Å². The number of hydrogen-bond acceptors (Lipinski definition) is 2. The van der Waals surface area contributed by atoms with E-state index in [1.165, 1.54) is 0 Å². The van der Waals surface area contributed by atoms with E-state index in [9.17, 15) is 0 Å². The number of rotatable bonds is 0. The molecule has 0 aliphatic heterocycles. The van der Waals surface area contributed by atoms with Gasteiger partial charge in [-0.3, -0.25) is 0 Å². The van der Waals surface area contributed by atoms with Crippen molar-refractivity contribution in [1.29, 1.82) is 0 Å². The van der Waals surface area contributed by atoms with E-state index in [1.807, 2.05) is 0 Å². The minimum Gasteiger partial charge on any atom is -0.0772 e. The minimum atomic E-state index is 0. The van der Waals surface area contributed by atoms with Gasteiger partial charge in [0.05, 0.1) is 0 Å². The van der Waals surface area contributed by atoms with Crippen LogP contribution in [0.1, 0.15) is 0 Å². The molecule has 0 aromatic carbocycles. The van der Waals surface area contributed by atoms with Crippen LogP contribution in [0.25, 0.3) is 0 Å². The van der Waals surface area contributed by atoms with Gasteiger partial charge < -0.3 is 0 Å². The van der Waals surface area contributed by atoms with Gasteiger partial charge in [-0.2, -0.15) is 0 Å². The normalized spacial score (nSPS) is 3.00. The predicted molar refractivity (Wildman–Crippen MR) is 12.5 cm³/mol. The monoisotopic (exact) mass is 117 g/mol. The van der Waals surface area contributed by atoms with Crippen LogP contribution < -0.4 is 5.26 Å². The first-order valence-electron chi connectivity index (χ1n) is 0.333. The Kier molecular flexibility index (Phi) is 26.3. The van der Waals surface area contributed by atoms with Crippen molar-refractivity contribution < 1.29 is 5.26 Å². The fourth-order valence-electron chi connectivity index (χ4n) is 0. The SMILES string of the molecule is O=[O+][O-].[Ga]. The largest absolute Gasteiger partial charge is 0.154 e. The molecule has 3 radical (unpaired) electrons. The molecular weight excluding hydrogens is 118 g/mol. The summed E-state index contributed by atoms with van der Waals surface area (Å²) in [4.78, 5) is 7.88. The maximum absolute atomic E-state index is 7.88. The molecule has 0 aromatic heterocycles. The molecule has 0 atom stereocenters. The van der Waals surface area contributed by atoms with Crippen LogP contribution in [0.3, 0.4) is 0 Å². The molecule has 0 aliphatic carbocycles. The van der Waals surface area contributed by atoms with Crippen molar-refractivity contribution in [3.05, 3.63) is 9.71 Å². The van der Waals surface area contributed by atoms with Crippen LogP contribution in [0, 0.1) is 9.71 Å². The summed E-state index contributed by atoms with van der Waals surface area (Å²) in [7, 11) is 0. The summed E-state index contributed by atoms with van der Waals surface area (Å²) in [6, 6.07) is 0. The molecule has 0 saturated heterocycles. The van der Waals surface area contributed by atoms with Gasteiger partial charge in [0.25, 0.3) is 0 Å². The van der Waals surface area contributed by atoms with Crippen LogP contribution >= 0.6 is 0 Å². The van der Waals surface area contributed by atoms with Gasteiger partial charge in [-0.25, -0.2) is 0 Å². The Balaban J connectivity index is 0. The molecule has 4 heteroatoms. The molecule has 0 unspecified atom stereocenters. The summed E-state index contributed by atoms with van der Waals surface area (Å²) in [5.41, 5.74) is 0. The molecule has 0 bridgehead atoms. The van der Waals surface area contributed by atoms with Crippen LogP contribution in [-0.4, -0.2) is 19.8 Å². The van der Waals surface area contributed by atoms with Crippen molar-refractivity contribution in [3.63, 3.8) is 0 Å². The van der Waals surface area contributed by atoms with Crippen LogP contribution in [0.5, 0.6) is 0 Å². The Morgan fingerprint density at radius 2 is 1.75 bits per heavy atom. The fourth-order valence-corrected chi connectivity index (χ4v) is 0. The molecule has 0 amide bonds. The van der Waals surface area contributed by atoms with Crippen molar-refractivity contribution in [3.8, 4) is 0 Å². The molecule has 0 rings (SSSR count). The van der Waals surface area contributed by atoms with Crippen molar-refractivity contribution in [1.82, 2.24) is 0 Å². The molecule has 3 nitrogen and oxygen atoms in total. The summed E-state index contributed by atoms with van der Waals surface area (Å²) in [5.74, 6) is 0. The molecule has 0 fully saturated rings. The van der Waals surface area contributed by atoms with Gasteiger partial charge in [-0.15, -0.1) is 0 Å². The molecule has 0 heterocycles. The predicted octanol–water partition coefficient (Wildman–Crippen LogP) is -1.50. The minimum absolute atomic E-state index is 0. The van der Waals surface area contributed by atoms with Gasteiger partial charge in [-0.05, 0) is 0 Å². The Morgan fingerprint density at radius 1 is 1.75 bits per heavy atom. The zero-order valence-electron chi connectivity index (χ0n) is 1.80. The molecule has 0 N–H and O–H groups in total. The van der Waals surface area contributed by atoms with Gasteiger partial charge in [0.15, 0.2) is 4.75 Å². The van der Waals surface area contributed by atoms with Gasteiger partial charge >= 0.3 is 0 Å². The van der Waals surface area contributed by atoms with Crippen molar-refractivity contribution in [2.45, 2.75) is 0 Å².